The number of carbonyl (C=O) groups is 1. The molecule has 0 aliphatic carbocycles. The molecule has 1 N–H and O–H groups in total. The van der Waals surface area contributed by atoms with Crippen LogP contribution in [0.1, 0.15) is 21.7 Å². The first-order chi connectivity index (χ1) is 12.8. The van der Waals surface area contributed by atoms with Gasteiger partial charge in [-0.1, -0.05) is 24.3 Å². The molecule has 132 valence electrons. The standard InChI is InChI=1S/C20H17NO4S/c22-20(21-11-14-6-7-17-18(10-14)25-13-24-17)19-15(8-9-23-19)12-26-16-4-2-1-3-5-16/h1-10H,11-13H2,(H,21,22). The Morgan fingerprint density at radius 3 is 2.77 bits per heavy atom. The van der Waals surface area contributed by atoms with Gasteiger partial charge in [0.15, 0.2) is 17.3 Å². The summed E-state index contributed by atoms with van der Waals surface area (Å²) in [6.07, 6.45) is 1.55. The van der Waals surface area contributed by atoms with Crippen molar-refractivity contribution in [3.8, 4) is 11.5 Å². The summed E-state index contributed by atoms with van der Waals surface area (Å²) in [5, 5.41) is 2.89. The van der Waals surface area contributed by atoms with E-state index in [1.165, 1.54) is 0 Å². The topological polar surface area (TPSA) is 60.7 Å². The Hall–Kier alpha value is -2.86. The number of hydrogen-bond donors (Lipinski definition) is 1. The number of thioether (sulfide) groups is 1. The van der Waals surface area contributed by atoms with Gasteiger partial charge >= 0.3 is 0 Å². The highest BCUT2D eigenvalue weighted by Crippen LogP contribution is 2.32. The summed E-state index contributed by atoms with van der Waals surface area (Å²) in [5.41, 5.74) is 1.82. The van der Waals surface area contributed by atoms with Crippen LogP contribution in [0.15, 0.2) is 70.2 Å². The lowest BCUT2D eigenvalue weighted by molar-refractivity contribution is 0.0922. The average Bonchev–Trinajstić information content (AvgIpc) is 3.34. The number of amides is 1. The first-order valence-electron chi connectivity index (χ1n) is 8.20. The van der Waals surface area contributed by atoms with E-state index in [9.17, 15) is 4.79 Å². The van der Waals surface area contributed by atoms with Crippen molar-refractivity contribution in [2.45, 2.75) is 17.2 Å². The largest absolute Gasteiger partial charge is 0.459 e. The lowest BCUT2D eigenvalue weighted by Crippen LogP contribution is -2.23. The molecule has 1 aliphatic heterocycles. The smallest absolute Gasteiger partial charge is 0.287 e. The molecule has 2 heterocycles. The second-order valence-corrected chi connectivity index (χ2v) is 6.80. The monoisotopic (exact) mass is 367 g/mol. The third-order valence-electron chi connectivity index (χ3n) is 3.98. The Morgan fingerprint density at radius 1 is 1.04 bits per heavy atom. The van der Waals surface area contributed by atoms with Gasteiger partial charge < -0.3 is 19.2 Å². The highest BCUT2D eigenvalue weighted by atomic mass is 32.2. The molecule has 5 nitrogen and oxygen atoms in total. The molecule has 3 aromatic rings. The lowest BCUT2D eigenvalue weighted by atomic mass is 10.2. The summed E-state index contributed by atoms with van der Waals surface area (Å²) >= 11 is 1.67. The summed E-state index contributed by atoms with van der Waals surface area (Å²) in [6, 6.07) is 17.5. The van der Waals surface area contributed by atoms with Crippen molar-refractivity contribution in [1.82, 2.24) is 5.32 Å². The lowest BCUT2D eigenvalue weighted by Gasteiger charge is -2.06. The summed E-state index contributed by atoms with van der Waals surface area (Å²) in [7, 11) is 0. The van der Waals surface area contributed by atoms with Crippen LogP contribution in [0.2, 0.25) is 0 Å². The predicted molar refractivity (Wildman–Crippen MR) is 98.4 cm³/mol. The molecule has 0 atom stereocenters. The van der Waals surface area contributed by atoms with Crippen LogP contribution in [-0.4, -0.2) is 12.7 Å². The Balaban J connectivity index is 1.37. The summed E-state index contributed by atoms with van der Waals surface area (Å²) in [4.78, 5) is 13.6. The van der Waals surface area contributed by atoms with E-state index in [1.807, 2.05) is 54.6 Å². The fourth-order valence-electron chi connectivity index (χ4n) is 2.64. The average molecular weight is 367 g/mol. The molecule has 0 spiro atoms. The Morgan fingerprint density at radius 2 is 1.88 bits per heavy atom. The van der Waals surface area contributed by atoms with Crippen LogP contribution in [0.3, 0.4) is 0 Å². The van der Waals surface area contributed by atoms with Crippen LogP contribution in [0.4, 0.5) is 0 Å². The molecule has 0 saturated carbocycles. The fourth-order valence-corrected chi connectivity index (χ4v) is 3.54. The zero-order valence-corrected chi connectivity index (χ0v) is 14.8. The third kappa shape index (κ3) is 3.70. The van der Waals surface area contributed by atoms with E-state index in [0.29, 0.717) is 23.8 Å². The number of ether oxygens (including phenoxy) is 2. The molecule has 4 rings (SSSR count). The minimum Gasteiger partial charge on any atom is -0.459 e. The fraction of sp³-hybridized carbons (Fsp3) is 0.150. The van der Waals surface area contributed by atoms with Crippen LogP contribution in [0.25, 0.3) is 0 Å². The molecule has 2 aromatic carbocycles. The molecule has 0 fully saturated rings. The van der Waals surface area contributed by atoms with Crippen LogP contribution in [0.5, 0.6) is 11.5 Å². The van der Waals surface area contributed by atoms with Gasteiger partial charge in [-0.25, -0.2) is 0 Å². The Labute approximate surface area is 155 Å². The van der Waals surface area contributed by atoms with Crippen molar-refractivity contribution in [2.24, 2.45) is 0 Å². The number of nitrogens with one attached hydrogen (secondary N) is 1. The Bertz CT molecular complexity index is 907. The van der Waals surface area contributed by atoms with Crippen LogP contribution in [-0.2, 0) is 12.3 Å². The zero-order valence-electron chi connectivity index (χ0n) is 13.9. The highest BCUT2D eigenvalue weighted by molar-refractivity contribution is 7.98. The number of rotatable bonds is 6. The van der Waals surface area contributed by atoms with Crippen molar-refractivity contribution in [1.29, 1.82) is 0 Å². The van der Waals surface area contributed by atoms with E-state index in [4.69, 9.17) is 13.9 Å². The number of benzene rings is 2. The van der Waals surface area contributed by atoms with E-state index >= 15 is 0 Å². The minimum absolute atomic E-state index is 0.226. The van der Waals surface area contributed by atoms with Gasteiger partial charge in [0.05, 0.1) is 6.26 Å². The first kappa shape index (κ1) is 16.6. The molecule has 1 aliphatic rings. The van der Waals surface area contributed by atoms with E-state index in [2.05, 4.69) is 5.32 Å². The predicted octanol–water partition coefficient (Wildman–Crippen LogP) is 4.23. The molecule has 0 saturated heterocycles. The summed E-state index contributed by atoms with van der Waals surface area (Å²) < 4.78 is 16.1. The van der Waals surface area contributed by atoms with E-state index in [0.717, 1.165) is 21.8 Å². The number of hydrogen-bond acceptors (Lipinski definition) is 5. The van der Waals surface area contributed by atoms with Gasteiger partial charge in [-0.05, 0) is 35.9 Å². The molecular formula is C20H17NO4S. The number of furan rings is 1. The van der Waals surface area contributed by atoms with Gasteiger partial charge in [0.2, 0.25) is 6.79 Å². The van der Waals surface area contributed by atoms with Crippen molar-refractivity contribution in [2.75, 3.05) is 6.79 Å². The minimum atomic E-state index is -0.226. The summed E-state index contributed by atoms with van der Waals surface area (Å²) in [5.74, 6) is 2.24. The van der Waals surface area contributed by atoms with Crippen LogP contribution < -0.4 is 14.8 Å². The molecule has 26 heavy (non-hydrogen) atoms. The van der Waals surface area contributed by atoms with Crippen molar-refractivity contribution in [3.63, 3.8) is 0 Å². The van der Waals surface area contributed by atoms with Gasteiger partial charge in [0, 0.05) is 22.8 Å². The SMILES string of the molecule is O=C(NCc1ccc2c(c1)OCO2)c1occc1CSc1ccccc1. The molecule has 0 radical (unpaired) electrons. The van der Waals surface area contributed by atoms with Crippen LogP contribution in [0, 0.1) is 0 Å². The first-order valence-corrected chi connectivity index (χ1v) is 9.19. The molecule has 6 heteroatoms. The third-order valence-corrected chi connectivity index (χ3v) is 5.04. The second-order valence-electron chi connectivity index (χ2n) is 5.75. The second kappa shape index (κ2) is 7.58. The van der Waals surface area contributed by atoms with Gasteiger partial charge in [-0.15, -0.1) is 11.8 Å². The molecule has 1 aromatic heterocycles. The molecule has 0 bridgehead atoms. The molecular weight excluding hydrogens is 350 g/mol. The number of fused-ring (bicyclic) bond motifs is 1. The van der Waals surface area contributed by atoms with Crippen LogP contribution >= 0.6 is 11.8 Å². The van der Waals surface area contributed by atoms with E-state index in [1.54, 1.807) is 18.0 Å². The maximum absolute atomic E-state index is 12.5. The van der Waals surface area contributed by atoms with Gasteiger partial charge in [0.1, 0.15) is 0 Å². The van der Waals surface area contributed by atoms with Gasteiger partial charge in [0.25, 0.3) is 5.91 Å². The maximum atomic E-state index is 12.5. The Kier molecular flexibility index (Phi) is 4.84. The normalized spacial score (nSPS) is 12.2. The quantitative estimate of drug-likeness (QED) is 0.661. The summed E-state index contributed by atoms with van der Waals surface area (Å²) in [6.45, 7) is 0.626. The maximum Gasteiger partial charge on any atom is 0.287 e. The van der Waals surface area contributed by atoms with E-state index in [-0.39, 0.29) is 12.7 Å². The molecule has 1 amide bonds. The van der Waals surface area contributed by atoms with Crippen molar-refractivity contribution >= 4 is 17.7 Å². The van der Waals surface area contributed by atoms with Gasteiger partial charge in [-0.2, -0.15) is 0 Å². The molecule has 0 unspecified atom stereocenters. The van der Waals surface area contributed by atoms with Crippen molar-refractivity contribution < 1.29 is 18.7 Å². The highest BCUT2D eigenvalue weighted by Gasteiger charge is 2.17. The zero-order chi connectivity index (χ0) is 17.8. The van der Waals surface area contributed by atoms with Gasteiger partial charge in [-0.3, -0.25) is 4.79 Å². The van der Waals surface area contributed by atoms with E-state index < -0.39 is 0 Å². The number of carbonyl (C=O) groups excluding carboxylic acids is 1. The van der Waals surface area contributed by atoms with Crippen molar-refractivity contribution in [3.05, 3.63) is 77.7 Å².